The highest BCUT2D eigenvalue weighted by Crippen LogP contribution is 2.25. The van der Waals surface area contributed by atoms with Crippen LogP contribution in [0.2, 0.25) is 10.2 Å². The topological polar surface area (TPSA) is 65.1 Å². The predicted molar refractivity (Wildman–Crippen MR) is 77.0 cm³/mol. The second kappa shape index (κ2) is 5.54. The van der Waals surface area contributed by atoms with Crippen molar-refractivity contribution in [3.63, 3.8) is 0 Å². The van der Waals surface area contributed by atoms with Crippen molar-refractivity contribution in [1.82, 2.24) is 10.3 Å². The van der Waals surface area contributed by atoms with Crippen LogP contribution in [0.1, 0.15) is 22.3 Å². The van der Waals surface area contributed by atoms with E-state index in [-0.39, 0.29) is 28.3 Å². The van der Waals surface area contributed by atoms with Gasteiger partial charge in [0.25, 0.3) is 5.91 Å². The van der Waals surface area contributed by atoms with Gasteiger partial charge in [-0.3, -0.25) is 4.79 Å². The molecule has 2 aromatic heterocycles. The molecule has 3 N–H and O–H groups in total. The summed E-state index contributed by atoms with van der Waals surface area (Å²) in [7, 11) is 0. The third kappa shape index (κ3) is 3.30. The van der Waals surface area contributed by atoms with Crippen LogP contribution in [-0.2, 0) is 5.60 Å². The summed E-state index contributed by atoms with van der Waals surface area (Å²) in [6, 6.07) is 5.11. The van der Waals surface area contributed by atoms with Crippen molar-refractivity contribution in [2.24, 2.45) is 0 Å². The lowest BCUT2D eigenvalue weighted by molar-refractivity contribution is 0.0555. The third-order valence-electron chi connectivity index (χ3n) is 2.61. The van der Waals surface area contributed by atoms with E-state index in [9.17, 15) is 9.90 Å². The highest BCUT2D eigenvalue weighted by atomic mass is 35.5. The number of hydrogen-bond donors (Lipinski definition) is 3. The van der Waals surface area contributed by atoms with Gasteiger partial charge >= 0.3 is 0 Å². The Bertz CT molecular complexity index is 559. The van der Waals surface area contributed by atoms with Crippen molar-refractivity contribution in [3.05, 3.63) is 44.3 Å². The summed E-state index contributed by atoms with van der Waals surface area (Å²) >= 11 is 12.9. The maximum atomic E-state index is 11.9. The van der Waals surface area contributed by atoms with Crippen LogP contribution in [0.4, 0.5) is 0 Å². The van der Waals surface area contributed by atoms with Gasteiger partial charge in [-0.25, -0.2) is 0 Å². The summed E-state index contributed by atoms with van der Waals surface area (Å²) in [5.74, 6) is -0.370. The molecular weight excluding hydrogens is 307 g/mol. The van der Waals surface area contributed by atoms with E-state index in [0.29, 0.717) is 0 Å². The molecule has 7 heteroatoms. The van der Waals surface area contributed by atoms with E-state index in [0.717, 1.165) is 4.88 Å². The van der Waals surface area contributed by atoms with Crippen molar-refractivity contribution < 1.29 is 9.90 Å². The maximum Gasteiger partial charge on any atom is 0.267 e. The van der Waals surface area contributed by atoms with Gasteiger partial charge in [0, 0.05) is 4.88 Å². The first-order valence-corrected chi connectivity index (χ1v) is 7.12. The summed E-state index contributed by atoms with van der Waals surface area (Å²) < 4.78 is 0. The first-order chi connectivity index (χ1) is 8.90. The molecule has 102 valence electrons. The average molecular weight is 319 g/mol. The Morgan fingerprint density at radius 1 is 1.58 bits per heavy atom. The molecular formula is C12H12Cl2N2O2S. The van der Waals surface area contributed by atoms with Gasteiger partial charge in [0.2, 0.25) is 0 Å². The molecule has 0 radical (unpaired) electrons. The molecule has 0 saturated carbocycles. The fourth-order valence-corrected chi connectivity index (χ4v) is 2.65. The van der Waals surface area contributed by atoms with Crippen LogP contribution in [0.25, 0.3) is 0 Å². The number of amides is 1. The molecule has 0 bridgehead atoms. The smallest absolute Gasteiger partial charge is 0.267 e. The first kappa shape index (κ1) is 14.4. The number of aromatic nitrogens is 1. The Labute approximate surface area is 124 Å². The SMILES string of the molecule is CC(O)(CNC(=O)c1cc(Cl)c(Cl)[nH]1)c1cccs1. The van der Waals surface area contributed by atoms with E-state index in [2.05, 4.69) is 10.3 Å². The minimum atomic E-state index is -1.11. The van der Waals surface area contributed by atoms with E-state index in [1.807, 2.05) is 17.5 Å². The van der Waals surface area contributed by atoms with Gasteiger partial charge in [-0.05, 0) is 24.4 Å². The molecule has 1 unspecified atom stereocenters. The van der Waals surface area contributed by atoms with E-state index >= 15 is 0 Å². The number of carbonyl (C=O) groups excluding carboxylic acids is 1. The average Bonchev–Trinajstić information content (AvgIpc) is 2.98. The van der Waals surface area contributed by atoms with Crippen LogP contribution < -0.4 is 5.32 Å². The molecule has 2 heterocycles. The van der Waals surface area contributed by atoms with Crippen LogP contribution in [-0.4, -0.2) is 22.5 Å². The lowest BCUT2D eigenvalue weighted by Gasteiger charge is -2.22. The number of hydrogen-bond acceptors (Lipinski definition) is 3. The van der Waals surface area contributed by atoms with Gasteiger partial charge < -0.3 is 15.4 Å². The normalized spacial score (nSPS) is 14.1. The minimum absolute atomic E-state index is 0.0978. The molecule has 0 aliphatic heterocycles. The largest absolute Gasteiger partial charge is 0.383 e. The fraction of sp³-hybridized carbons (Fsp3) is 0.250. The minimum Gasteiger partial charge on any atom is -0.383 e. The van der Waals surface area contributed by atoms with Gasteiger partial charge in [-0.2, -0.15) is 0 Å². The molecule has 4 nitrogen and oxygen atoms in total. The third-order valence-corrected chi connectivity index (χ3v) is 4.43. The molecule has 0 saturated heterocycles. The molecule has 0 aliphatic rings. The first-order valence-electron chi connectivity index (χ1n) is 5.49. The van der Waals surface area contributed by atoms with Crippen molar-refractivity contribution >= 4 is 40.4 Å². The van der Waals surface area contributed by atoms with E-state index in [1.54, 1.807) is 6.92 Å². The van der Waals surface area contributed by atoms with Gasteiger partial charge in [-0.1, -0.05) is 29.3 Å². The number of H-pyrrole nitrogens is 1. The second-order valence-electron chi connectivity index (χ2n) is 4.28. The lowest BCUT2D eigenvalue weighted by atomic mass is 10.1. The number of halogens is 2. The Morgan fingerprint density at radius 2 is 2.32 bits per heavy atom. The van der Waals surface area contributed by atoms with Gasteiger partial charge in [-0.15, -0.1) is 11.3 Å². The van der Waals surface area contributed by atoms with Gasteiger partial charge in [0.15, 0.2) is 0 Å². The maximum absolute atomic E-state index is 11.9. The Morgan fingerprint density at radius 3 is 2.84 bits per heavy atom. The van der Waals surface area contributed by atoms with Crippen molar-refractivity contribution in [3.8, 4) is 0 Å². The molecule has 0 fully saturated rings. The second-order valence-corrected chi connectivity index (χ2v) is 6.01. The number of rotatable bonds is 4. The number of carbonyl (C=O) groups is 1. The summed E-state index contributed by atoms with van der Waals surface area (Å²) in [5, 5.41) is 15.3. The standard InChI is InChI=1S/C12H12Cl2N2O2S/c1-12(18,9-3-2-4-19-9)6-15-11(17)8-5-7(13)10(14)16-8/h2-5,16,18H,6H2,1H3,(H,15,17). The van der Waals surface area contributed by atoms with Crippen LogP contribution in [0.3, 0.4) is 0 Å². The number of aliphatic hydroxyl groups is 1. The molecule has 1 atom stereocenters. The quantitative estimate of drug-likeness (QED) is 0.811. The Hall–Kier alpha value is -1.01. The molecule has 0 aliphatic carbocycles. The summed E-state index contributed by atoms with van der Waals surface area (Å²) in [6.45, 7) is 1.74. The lowest BCUT2D eigenvalue weighted by Crippen LogP contribution is -2.38. The summed E-state index contributed by atoms with van der Waals surface area (Å²) in [4.78, 5) is 15.3. The summed E-state index contributed by atoms with van der Waals surface area (Å²) in [6.07, 6.45) is 0. The van der Waals surface area contributed by atoms with Crippen molar-refractivity contribution in [1.29, 1.82) is 0 Å². The number of nitrogens with one attached hydrogen (secondary N) is 2. The summed E-state index contributed by atoms with van der Waals surface area (Å²) in [5.41, 5.74) is -0.846. The fourth-order valence-electron chi connectivity index (χ4n) is 1.55. The predicted octanol–water partition coefficient (Wildman–Crippen LogP) is 3.02. The monoisotopic (exact) mass is 318 g/mol. The molecule has 0 aromatic carbocycles. The van der Waals surface area contributed by atoms with Crippen molar-refractivity contribution in [2.45, 2.75) is 12.5 Å². The molecule has 2 rings (SSSR count). The molecule has 1 amide bonds. The molecule has 19 heavy (non-hydrogen) atoms. The van der Waals surface area contributed by atoms with Gasteiger partial charge in [0.05, 0.1) is 11.6 Å². The number of thiophene rings is 1. The highest BCUT2D eigenvalue weighted by molar-refractivity contribution is 7.10. The highest BCUT2D eigenvalue weighted by Gasteiger charge is 2.25. The zero-order valence-corrected chi connectivity index (χ0v) is 12.4. The van der Waals surface area contributed by atoms with Crippen LogP contribution >= 0.6 is 34.5 Å². The van der Waals surface area contributed by atoms with Crippen molar-refractivity contribution in [2.75, 3.05) is 6.54 Å². The van der Waals surface area contributed by atoms with Gasteiger partial charge in [0.1, 0.15) is 16.4 Å². The van der Waals surface area contributed by atoms with E-state index in [1.165, 1.54) is 17.4 Å². The van der Waals surface area contributed by atoms with E-state index < -0.39 is 5.60 Å². The Balaban J connectivity index is 2.01. The van der Waals surface area contributed by atoms with Crippen LogP contribution in [0, 0.1) is 0 Å². The molecule has 0 spiro atoms. The van der Waals surface area contributed by atoms with E-state index in [4.69, 9.17) is 23.2 Å². The number of aromatic amines is 1. The molecule has 2 aromatic rings. The Kier molecular flexibility index (Phi) is 4.20. The van der Waals surface area contributed by atoms with Crippen LogP contribution in [0.5, 0.6) is 0 Å². The zero-order valence-electron chi connectivity index (χ0n) is 10.0. The zero-order chi connectivity index (χ0) is 14.0. The van der Waals surface area contributed by atoms with Crippen LogP contribution in [0.15, 0.2) is 23.6 Å².